The van der Waals surface area contributed by atoms with E-state index >= 15 is 0 Å². The van der Waals surface area contributed by atoms with Crippen molar-refractivity contribution in [3.8, 4) is 0 Å². The van der Waals surface area contributed by atoms with Crippen molar-refractivity contribution in [1.29, 1.82) is 0 Å². The molecule has 1 amide bonds. The molecule has 0 aromatic carbocycles. The van der Waals surface area contributed by atoms with Crippen molar-refractivity contribution in [1.82, 2.24) is 5.32 Å². The molecule has 0 aliphatic rings. The maximum absolute atomic E-state index is 12.5. The van der Waals surface area contributed by atoms with Crippen LogP contribution in [0.4, 0.5) is 0 Å². The number of aliphatic hydroxyl groups excluding tert-OH is 2. The Bertz CT molecular complexity index is 1390. The first-order valence-electron chi connectivity index (χ1n) is 39.3. The van der Waals surface area contributed by atoms with Crippen LogP contribution in [0, 0.1) is 0 Å². The lowest BCUT2D eigenvalue weighted by atomic mass is 10.0. The van der Waals surface area contributed by atoms with Crippen LogP contribution in [-0.2, 0) is 14.3 Å². The number of carbonyl (C=O) groups is 2. The standard InChI is InChI=1S/C80H153NO5/c1-3-5-7-9-11-13-15-17-19-21-22-34-37-41-44-48-52-56-60-64-68-72-78(83)77(76-82)81-79(84)73-69-65-61-57-53-49-45-42-38-35-32-30-28-26-24-23-25-27-29-31-33-36-39-43-47-51-55-59-63-67-71-75-86-80(85)74-70-66-62-58-54-50-46-40-20-18-16-14-12-10-8-6-4-2/h12,14,18,20,68,72,77-78,82-83H,3-11,13,15-17,19,21-67,69-71,73-76H2,1-2H3,(H,81,84)/b14-12-,20-18-,72-68+. The molecule has 6 nitrogen and oxygen atoms in total. The van der Waals surface area contributed by atoms with E-state index in [1.54, 1.807) is 6.08 Å². The van der Waals surface area contributed by atoms with Crippen molar-refractivity contribution in [2.45, 2.75) is 450 Å². The molecule has 0 aliphatic heterocycles. The van der Waals surface area contributed by atoms with Crippen LogP contribution < -0.4 is 5.32 Å². The van der Waals surface area contributed by atoms with Gasteiger partial charge in [-0.1, -0.05) is 397 Å². The van der Waals surface area contributed by atoms with Gasteiger partial charge in [0.2, 0.25) is 5.91 Å². The average Bonchev–Trinajstić information content (AvgIpc) is 3.53. The third-order valence-electron chi connectivity index (χ3n) is 18.4. The van der Waals surface area contributed by atoms with Gasteiger partial charge in [-0.3, -0.25) is 9.59 Å². The van der Waals surface area contributed by atoms with Gasteiger partial charge in [0.15, 0.2) is 0 Å². The highest BCUT2D eigenvalue weighted by molar-refractivity contribution is 5.76. The second-order valence-electron chi connectivity index (χ2n) is 27.0. The third kappa shape index (κ3) is 71.2. The number of amides is 1. The number of hydrogen-bond donors (Lipinski definition) is 3. The van der Waals surface area contributed by atoms with Gasteiger partial charge in [0.25, 0.3) is 0 Å². The number of esters is 1. The molecule has 0 radical (unpaired) electrons. The average molecular weight is 1210 g/mol. The van der Waals surface area contributed by atoms with E-state index in [-0.39, 0.29) is 18.5 Å². The fourth-order valence-corrected chi connectivity index (χ4v) is 12.4. The Morgan fingerprint density at radius 3 is 0.907 bits per heavy atom. The first kappa shape index (κ1) is 84.1. The number of nitrogens with one attached hydrogen (secondary N) is 1. The number of rotatable bonds is 74. The summed E-state index contributed by atoms with van der Waals surface area (Å²) < 4.78 is 5.51. The summed E-state index contributed by atoms with van der Waals surface area (Å²) in [6.45, 7) is 4.92. The molecule has 0 rings (SSSR count). The van der Waals surface area contributed by atoms with Crippen LogP contribution in [0.25, 0.3) is 0 Å². The molecule has 3 N–H and O–H groups in total. The number of aliphatic hydroxyl groups is 2. The van der Waals surface area contributed by atoms with Crippen LogP contribution >= 0.6 is 0 Å². The normalized spacial score (nSPS) is 12.7. The second kappa shape index (κ2) is 75.5. The van der Waals surface area contributed by atoms with E-state index < -0.39 is 12.1 Å². The molecule has 0 heterocycles. The van der Waals surface area contributed by atoms with E-state index in [0.29, 0.717) is 19.4 Å². The molecule has 508 valence electrons. The molecular weight excluding hydrogens is 1050 g/mol. The van der Waals surface area contributed by atoms with Crippen molar-refractivity contribution < 1.29 is 24.5 Å². The van der Waals surface area contributed by atoms with Gasteiger partial charge >= 0.3 is 5.97 Å². The van der Waals surface area contributed by atoms with Crippen molar-refractivity contribution in [3.05, 3.63) is 36.5 Å². The molecule has 0 saturated carbocycles. The summed E-state index contributed by atoms with van der Waals surface area (Å²) >= 11 is 0. The minimum Gasteiger partial charge on any atom is -0.466 e. The summed E-state index contributed by atoms with van der Waals surface area (Å²) in [6.07, 6.45) is 98.3. The second-order valence-corrected chi connectivity index (χ2v) is 27.0. The SMILES string of the molecule is CCCCC/C=C\C/C=C\CCCCCCCCCC(=O)OCCCCCCCCCCCCCCCCCCCCCCCCCCCCCCCCCC(=O)NC(CO)C(O)/C=C/CCCCCCCCCCCCCCCCCCCCC. The lowest BCUT2D eigenvalue weighted by Gasteiger charge is -2.20. The van der Waals surface area contributed by atoms with Crippen LogP contribution in [0.5, 0.6) is 0 Å². The summed E-state index contributed by atoms with van der Waals surface area (Å²) in [5.41, 5.74) is 0. The molecule has 0 saturated heterocycles. The van der Waals surface area contributed by atoms with Gasteiger partial charge in [-0.25, -0.2) is 0 Å². The van der Waals surface area contributed by atoms with Gasteiger partial charge in [0.1, 0.15) is 0 Å². The quantitative estimate of drug-likeness (QED) is 0.0320. The summed E-state index contributed by atoms with van der Waals surface area (Å²) in [7, 11) is 0. The van der Waals surface area contributed by atoms with Crippen LogP contribution in [0.3, 0.4) is 0 Å². The number of carbonyl (C=O) groups excluding carboxylic acids is 2. The Hall–Kier alpha value is -1.92. The summed E-state index contributed by atoms with van der Waals surface area (Å²) in [5, 5.41) is 23.3. The predicted octanol–water partition coefficient (Wildman–Crippen LogP) is 25.8. The maximum atomic E-state index is 12.5. The first-order chi connectivity index (χ1) is 42.5. The van der Waals surface area contributed by atoms with E-state index in [1.165, 1.54) is 360 Å². The largest absolute Gasteiger partial charge is 0.466 e. The molecule has 0 aliphatic carbocycles. The van der Waals surface area contributed by atoms with Gasteiger partial charge < -0.3 is 20.3 Å². The monoisotopic (exact) mass is 1210 g/mol. The number of ether oxygens (including phenoxy) is 1. The fraction of sp³-hybridized carbons (Fsp3) is 0.900. The van der Waals surface area contributed by atoms with Crippen LogP contribution in [0.2, 0.25) is 0 Å². The number of allylic oxidation sites excluding steroid dienone is 5. The first-order valence-corrected chi connectivity index (χ1v) is 39.3. The molecule has 0 fully saturated rings. The van der Waals surface area contributed by atoms with Crippen molar-refractivity contribution in [2.24, 2.45) is 0 Å². The lowest BCUT2D eigenvalue weighted by molar-refractivity contribution is -0.143. The highest BCUT2D eigenvalue weighted by Crippen LogP contribution is 2.20. The van der Waals surface area contributed by atoms with Crippen molar-refractivity contribution in [3.63, 3.8) is 0 Å². The Labute approximate surface area is 538 Å². The zero-order valence-electron chi connectivity index (χ0n) is 58.3. The molecule has 86 heavy (non-hydrogen) atoms. The molecule has 0 aromatic rings. The summed E-state index contributed by atoms with van der Waals surface area (Å²) in [6, 6.07) is -0.626. The van der Waals surface area contributed by atoms with Gasteiger partial charge in [-0.05, 0) is 64.2 Å². The van der Waals surface area contributed by atoms with Crippen LogP contribution in [-0.4, -0.2) is 47.4 Å². The number of hydrogen-bond acceptors (Lipinski definition) is 5. The topological polar surface area (TPSA) is 95.9 Å². The molecule has 0 spiro atoms. The molecule has 0 aromatic heterocycles. The van der Waals surface area contributed by atoms with Gasteiger partial charge in [0.05, 0.1) is 25.4 Å². The van der Waals surface area contributed by atoms with E-state index in [1.807, 2.05) is 6.08 Å². The Morgan fingerprint density at radius 1 is 0.326 bits per heavy atom. The fourth-order valence-electron chi connectivity index (χ4n) is 12.4. The number of unbranched alkanes of at least 4 members (excludes halogenated alkanes) is 59. The third-order valence-corrected chi connectivity index (χ3v) is 18.4. The van der Waals surface area contributed by atoms with Gasteiger partial charge in [-0.2, -0.15) is 0 Å². The Morgan fingerprint density at radius 2 is 0.581 bits per heavy atom. The van der Waals surface area contributed by atoms with Crippen LogP contribution in [0.15, 0.2) is 36.5 Å². The highest BCUT2D eigenvalue weighted by Gasteiger charge is 2.18. The summed E-state index contributed by atoms with van der Waals surface area (Å²) in [5.74, 6) is -0.0460. The van der Waals surface area contributed by atoms with E-state index in [2.05, 4.69) is 43.5 Å². The molecule has 2 unspecified atom stereocenters. The zero-order chi connectivity index (χ0) is 62.0. The highest BCUT2D eigenvalue weighted by atomic mass is 16.5. The molecule has 0 bridgehead atoms. The summed E-state index contributed by atoms with van der Waals surface area (Å²) in [4.78, 5) is 24.6. The lowest BCUT2D eigenvalue weighted by Crippen LogP contribution is -2.45. The minimum atomic E-state index is -0.843. The molecule has 6 heteroatoms. The molecular formula is C80H153NO5. The van der Waals surface area contributed by atoms with Gasteiger partial charge in [0, 0.05) is 12.8 Å². The van der Waals surface area contributed by atoms with Crippen molar-refractivity contribution >= 4 is 11.9 Å². The van der Waals surface area contributed by atoms with E-state index in [9.17, 15) is 19.8 Å². The maximum Gasteiger partial charge on any atom is 0.305 e. The van der Waals surface area contributed by atoms with Gasteiger partial charge in [-0.15, -0.1) is 0 Å². The van der Waals surface area contributed by atoms with Crippen LogP contribution in [0.1, 0.15) is 438 Å². The van der Waals surface area contributed by atoms with E-state index in [4.69, 9.17) is 4.74 Å². The van der Waals surface area contributed by atoms with Crippen molar-refractivity contribution in [2.75, 3.05) is 13.2 Å². The Balaban J connectivity index is 3.35. The smallest absolute Gasteiger partial charge is 0.305 e. The molecule has 2 atom stereocenters. The van der Waals surface area contributed by atoms with E-state index in [0.717, 1.165) is 51.4 Å². The predicted molar refractivity (Wildman–Crippen MR) is 379 cm³/mol. The zero-order valence-corrected chi connectivity index (χ0v) is 58.3. The minimum absolute atomic E-state index is 0.0133. The Kier molecular flexibility index (Phi) is 73.9.